The molecule has 9 heteroatoms. The monoisotopic (exact) mass is 325 g/mol. The number of hydrogen-bond acceptors (Lipinski definition) is 5. The Morgan fingerprint density at radius 2 is 2.25 bits per heavy atom. The molecule has 0 saturated carbocycles. The van der Waals surface area contributed by atoms with Crippen molar-refractivity contribution in [2.24, 2.45) is 5.73 Å². The summed E-state index contributed by atoms with van der Waals surface area (Å²) in [5, 5.41) is 9.73. The van der Waals surface area contributed by atoms with Crippen molar-refractivity contribution < 1.29 is 9.84 Å². The van der Waals surface area contributed by atoms with Crippen LogP contribution in [0.3, 0.4) is 0 Å². The van der Waals surface area contributed by atoms with Crippen molar-refractivity contribution in [3.8, 4) is 0 Å². The van der Waals surface area contributed by atoms with E-state index < -0.39 is 29.7 Å². The third-order valence-corrected chi connectivity index (χ3v) is 3.34. The summed E-state index contributed by atoms with van der Waals surface area (Å²) >= 11 is 5.60. The smallest absolute Gasteiger partial charge is 0.330 e. The average Bonchev–Trinajstić information content (AvgIpc) is 2.74. The van der Waals surface area contributed by atoms with E-state index in [9.17, 15) is 14.7 Å². The lowest BCUT2D eigenvalue weighted by Crippen LogP contribution is -2.34. The van der Waals surface area contributed by atoms with Crippen LogP contribution >= 0.6 is 24.0 Å². The molecule has 1 saturated heterocycles. The van der Waals surface area contributed by atoms with Gasteiger partial charge in [-0.05, 0) is 6.42 Å². The highest BCUT2D eigenvalue weighted by Gasteiger charge is 2.34. The van der Waals surface area contributed by atoms with E-state index in [1.807, 2.05) is 0 Å². The molecule has 0 spiro atoms. The highest BCUT2D eigenvalue weighted by atomic mass is 35.5. The Bertz CT molecular complexity index is 559. The van der Waals surface area contributed by atoms with Gasteiger partial charge in [-0.15, -0.1) is 24.0 Å². The number of hydrogen-bond donors (Lipinski definition) is 3. The molecule has 1 aromatic rings. The van der Waals surface area contributed by atoms with Crippen molar-refractivity contribution in [3.63, 3.8) is 0 Å². The van der Waals surface area contributed by atoms with Crippen molar-refractivity contribution in [3.05, 3.63) is 32.6 Å². The van der Waals surface area contributed by atoms with E-state index in [0.717, 1.165) is 0 Å². The van der Waals surface area contributed by atoms with Gasteiger partial charge >= 0.3 is 5.69 Å². The number of halogens is 2. The number of ether oxygens (including phenoxy) is 1. The summed E-state index contributed by atoms with van der Waals surface area (Å²) in [6.07, 6.45) is 0.202. The number of alkyl halides is 1. The first-order chi connectivity index (χ1) is 9.06. The van der Waals surface area contributed by atoms with Gasteiger partial charge in [-0.25, -0.2) is 4.79 Å². The highest BCUT2D eigenvalue weighted by Crippen LogP contribution is 2.26. The van der Waals surface area contributed by atoms with Gasteiger partial charge in [-0.3, -0.25) is 14.3 Å². The summed E-state index contributed by atoms with van der Waals surface area (Å²) in [4.78, 5) is 25.5. The second-order valence-corrected chi connectivity index (χ2v) is 4.81. The summed E-state index contributed by atoms with van der Waals surface area (Å²) in [5.74, 6) is 0.279. The lowest BCUT2D eigenvalue weighted by molar-refractivity contribution is -0.0152. The fourth-order valence-corrected chi connectivity index (χ4v) is 2.32. The van der Waals surface area contributed by atoms with Gasteiger partial charge < -0.3 is 15.6 Å². The maximum atomic E-state index is 11.8. The standard InChI is InChI=1S/C11H16ClN3O4.ClH/c12-2-1-6-5-15(11(18)14-10(6)17)9-3-7(16)8(4-13)19-9;/h5,7-9,16H,1-4,13H2,(H,14,17,18);1H/t7-,8+,9+;/m0./s1. The van der Waals surface area contributed by atoms with E-state index in [2.05, 4.69) is 4.98 Å². The van der Waals surface area contributed by atoms with Crippen LogP contribution < -0.4 is 17.0 Å². The molecule has 4 N–H and O–H groups in total. The predicted octanol–water partition coefficient (Wildman–Crippen LogP) is -0.653. The first-order valence-corrected chi connectivity index (χ1v) is 6.54. The fraction of sp³-hybridized carbons (Fsp3) is 0.636. The SMILES string of the molecule is Cl.NC[C@H]1O[C@@H](n2cc(CCCl)c(=O)[nH]c2=O)C[C@@H]1O. The van der Waals surface area contributed by atoms with Crippen LogP contribution in [0.4, 0.5) is 0 Å². The molecule has 1 aliphatic heterocycles. The molecule has 1 aliphatic rings. The molecule has 0 aromatic carbocycles. The van der Waals surface area contributed by atoms with Crippen molar-refractivity contribution in [1.82, 2.24) is 9.55 Å². The van der Waals surface area contributed by atoms with Gasteiger partial charge in [0.1, 0.15) is 6.23 Å². The van der Waals surface area contributed by atoms with Crippen LogP contribution in [0, 0.1) is 0 Å². The van der Waals surface area contributed by atoms with E-state index in [1.54, 1.807) is 0 Å². The minimum Gasteiger partial charge on any atom is -0.390 e. The number of aliphatic hydroxyl groups is 1. The van der Waals surface area contributed by atoms with Crippen molar-refractivity contribution in [2.75, 3.05) is 12.4 Å². The van der Waals surface area contributed by atoms with E-state index in [-0.39, 0.29) is 31.3 Å². The molecule has 3 atom stereocenters. The molecule has 0 bridgehead atoms. The van der Waals surface area contributed by atoms with Crippen molar-refractivity contribution >= 4 is 24.0 Å². The van der Waals surface area contributed by atoms with E-state index in [4.69, 9.17) is 22.1 Å². The van der Waals surface area contributed by atoms with Gasteiger partial charge in [0.25, 0.3) is 5.56 Å². The van der Waals surface area contributed by atoms with Crippen LogP contribution in [0.25, 0.3) is 0 Å². The van der Waals surface area contributed by atoms with Crippen LogP contribution in [-0.4, -0.2) is 39.3 Å². The Morgan fingerprint density at radius 1 is 1.55 bits per heavy atom. The average molecular weight is 326 g/mol. The second kappa shape index (κ2) is 7.24. The zero-order valence-electron chi connectivity index (χ0n) is 10.6. The predicted molar refractivity (Wildman–Crippen MR) is 76.6 cm³/mol. The van der Waals surface area contributed by atoms with Gasteiger partial charge in [0.15, 0.2) is 0 Å². The van der Waals surface area contributed by atoms with Gasteiger partial charge in [-0.2, -0.15) is 0 Å². The largest absolute Gasteiger partial charge is 0.390 e. The third kappa shape index (κ3) is 3.42. The first-order valence-electron chi connectivity index (χ1n) is 6.00. The summed E-state index contributed by atoms with van der Waals surface area (Å²) in [6, 6.07) is 0. The second-order valence-electron chi connectivity index (χ2n) is 4.43. The van der Waals surface area contributed by atoms with Crippen LogP contribution in [0.15, 0.2) is 15.8 Å². The lowest BCUT2D eigenvalue weighted by Gasteiger charge is -2.15. The quantitative estimate of drug-likeness (QED) is 0.637. The van der Waals surface area contributed by atoms with Crippen molar-refractivity contribution in [2.45, 2.75) is 31.3 Å². The Kier molecular flexibility index (Phi) is 6.22. The van der Waals surface area contributed by atoms with Gasteiger partial charge in [0.2, 0.25) is 0 Å². The molecule has 0 amide bonds. The fourth-order valence-electron chi connectivity index (χ4n) is 2.12. The number of nitrogens with two attached hydrogens (primary N) is 1. The minimum atomic E-state index is -0.717. The summed E-state index contributed by atoms with van der Waals surface area (Å²) in [7, 11) is 0. The molecule has 1 fully saturated rings. The van der Waals surface area contributed by atoms with E-state index >= 15 is 0 Å². The molecular formula is C11H17Cl2N3O4. The molecular weight excluding hydrogens is 309 g/mol. The summed E-state index contributed by atoms with van der Waals surface area (Å²) < 4.78 is 6.76. The number of aryl methyl sites for hydroxylation is 1. The topological polar surface area (TPSA) is 110 Å². The third-order valence-electron chi connectivity index (χ3n) is 3.15. The number of aromatic nitrogens is 2. The molecule has 2 heterocycles. The number of H-pyrrole nitrogens is 1. The van der Waals surface area contributed by atoms with Crippen LogP contribution in [-0.2, 0) is 11.2 Å². The maximum absolute atomic E-state index is 11.8. The summed E-state index contributed by atoms with van der Waals surface area (Å²) in [6.45, 7) is 0.171. The van der Waals surface area contributed by atoms with E-state index in [1.165, 1.54) is 10.8 Å². The molecule has 7 nitrogen and oxygen atoms in total. The molecule has 2 rings (SSSR count). The number of rotatable bonds is 4. The Balaban J connectivity index is 0.00000200. The minimum absolute atomic E-state index is 0. The van der Waals surface area contributed by atoms with Crippen LogP contribution in [0.1, 0.15) is 18.2 Å². The maximum Gasteiger partial charge on any atom is 0.330 e. The Hall–Kier alpha value is -0.860. The van der Waals surface area contributed by atoms with E-state index in [0.29, 0.717) is 12.0 Å². The van der Waals surface area contributed by atoms with Gasteiger partial charge in [-0.1, -0.05) is 0 Å². The number of aromatic amines is 1. The molecule has 20 heavy (non-hydrogen) atoms. The van der Waals surface area contributed by atoms with Crippen molar-refractivity contribution in [1.29, 1.82) is 0 Å². The Morgan fingerprint density at radius 3 is 2.80 bits per heavy atom. The lowest BCUT2D eigenvalue weighted by atomic mass is 10.2. The zero-order chi connectivity index (χ0) is 14.0. The molecule has 0 unspecified atom stereocenters. The number of aliphatic hydroxyl groups excluding tert-OH is 1. The molecule has 0 radical (unpaired) electrons. The van der Waals surface area contributed by atoms with Gasteiger partial charge in [0, 0.05) is 30.6 Å². The summed E-state index contributed by atoms with van der Waals surface area (Å²) in [5.41, 5.74) is 4.84. The number of nitrogens with one attached hydrogen (secondary N) is 1. The van der Waals surface area contributed by atoms with Gasteiger partial charge in [0.05, 0.1) is 12.2 Å². The molecule has 114 valence electrons. The normalized spacial score (nSPS) is 25.4. The molecule has 1 aromatic heterocycles. The highest BCUT2D eigenvalue weighted by molar-refractivity contribution is 6.17. The zero-order valence-corrected chi connectivity index (χ0v) is 12.2. The molecule has 0 aliphatic carbocycles. The Labute approximate surface area is 126 Å². The van der Waals surface area contributed by atoms with Crippen LogP contribution in [0.5, 0.6) is 0 Å². The number of nitrogens with zero attached hydrogens (tertiary/aromatic N) is 1. The van der Waals surface area contributed by atoms with Crippen LogP contribution in [0.2, 0.25) is 0 Å². The first kappa shape index (κ1) is 17.2.